The molecule has 1 amide bonds. The van der Waals surface area contributed by atoms with E-state index in [0.717, 1.165) is 0 Å². The molecule has 128 valence electrons. The smallest absolute Gasteiger partial charge is 0.312 e. The second-order valence-electron chi connectivity index (χ2n) is 5.38. The van der Waals surface area contributed by atoms with E-state index in [1.807, 2.05) is 25.1 Å². The number of aromatic nitrogens is 2. The second kappa shape index (κ2) is 7.57. The van der Waals surface area contributed by atoms with Crippen molar-refractivity contribution in [3.63, 3.8) is 0 Å². The van der Waals surface area contributed by atoms with Crippen LogP contribution in [-0.2, 0) is 16.0 Å². The first-order valence-corrected chi connectivity index (χ1v) is 7.95. The molecule has 2 heterocycles. The van der Waals surface area contributed by atoms with Gasteiger partial charge in [-0.25, -0.2) is 9.97 Å². The molecule has 0 fully saturated rings. The Kier molecular flexibility index (Phi) is 5.03. The van der Waals surface area contributed by atoms with Gasteiger partial charge < -0.3 is 14.5 Å². The molecule has 1 N–H and O–H groups in total. The van der Waals surface area contributed by atoms with Crippen molar-refractivity contribution in [2.75, 3.05) is 5.32 Å². The Morgan fingerprint density at radius 3 is 2.84 bits per heavy atom. The summed E-state index contributed by atoms with van der Waals surface area (Å²) < 4.78 is 10.7. The van der Waals surface area contributed by atoms with Crippen molar-refractivity contribution >= 4 is 28.7 Å². The first-order valence-electron chi connectivity index (χ1n) is 7.95. The van der Waals surface area contributed by atoms with Gasteiger partial charge in [0.25, 0.3) is 0 Å². The van der Waals surface area contributed by atoms with Crippen molar-refractivity contribution in [3.05, 3.63) is 48.5 Å². The number of nitrogens with zero attached hydrogens (tertiary/aromatic N) is 2. The predicted octanol–water partition coefficient (Wildman–Crippen LogP) is 3.11. The van der Waals surface area contributed by atoms with Crippen LogP contribution >= 0.6 is 0 Å². The van der Waals surface area contributed by atoms with E-state index in [-0.39, 0.29) is 24.6 Å². The van der Waals surface area contributed by atoms with E-state index in [0.29, 0.717) is 29.1 Å². The van der Waals surface area contributed by atoms with Gasteiger partial charge in [0.15, 0.2) is 5.58 Å². The quantitative estimate of drug-likeness (QED) is 0.694. The summed E-state index contributed by atoms with van der Waals surface area (Å²) in [5, 5.41) is 2.67. The van der Waals surface area contributed by atoms with Gasteiger partial charge in [0.05, 0.1) is 0 Å². The van der Waals surface area contributed by atoms with Crippen LogP contribution in [0.2, 0.25) is 0 Å². The summed E-state index contributed by atoms with van der Waals surface area (Å²) in [5.74, 6) is -0.345. The number of hydrogen-bond donors (Lipinski definition) is 1. The highest BCUT2D eigenvalue weighted by molar-refractivity contribution is 5.93. The zero-order chi connectivity index (χ0) is 17.6. The molecule has 0 radical (unpaired) electrons. The normalized spacial score (nSPS) is 10.6. The molecule has 0 saturated heterocycles. The van der Waals surface area contributed by atoms with Crippen LogP contribution in [0.5, 0.6) is 5.88 Å². The SMILES string of the molecule is CCCC(=O)Oc1ncccc1NC(=O)Cc1nc2ccccc2o1. The fourth-order valence-electron chi connectivity index (χ4n) is 2.26. The maximum absolute atomic E-state index is 12.2. The number of oxazole rings is 1. The molecule has 0 bridgehead atoms. The number of rotatable bonds is 6. The van der Waals surface area contributed by atoms with Crippen LogP contribution in [-0.4, -0.2) is 21.8 Å². The minimum atomic E-state index is -0.393. The zero-order valence-electron chi connectivity index (χ0n) is 13.7. The minimum absolute atomic E-state index is 0.0358. The third kappa shape index (κ3) is 4.20. The largest absolute Gasteiger partial charge is 0.440 e. The van der Waals surface area contributed by atoms with Gasteiger partial charge >= 0.3 is 5.97 Å². The number of fused-ring (bicyclic) bond motifs is 1. The molecule has 7 nitrogen and oxygen atoms in total. The average molecular weight is 339 g/mol. The lowest BCUT2D eigenvalue weighted by atomic mass is 10.3. The van der Waals surface area contributed by atoms with E-state index in [2.05, 4.69) is 15.3 Å². The van der Waals surface area contributed by atoms with Crippen LogP contribution in [0.25, 0.3) is 11.1 Å². The maximum Gasteiger partial charge on any atom is 0.312 e. The Bertz CT molecular complexity index is 871. The average Bonchev–Trinajstić information content (AvgIpc) is 2.99. The number of para-hydroxylation sites is 2. The van der Waals surface area contributed by atoms with Crippen LogP contribution < -0.4 is 10.1 Å². The number of esters is 1. The molecular formula is C18H17N3O4. The van der Waals surface area contributed by atoms with Gasteiger partial charge in [0.1, 0.15) is 17.6 Å². The summed E-state index contributed by atoms with van der Waals surface area (Å²) in [5.41, 5.74) is 1.65. The van der Waals surface area contributed by atoms with Gasteiger partial charge in [-0.3, -0.25) is 9.59 Å². The number of amides is 1. The molecule has 3 rings (SSSR count). The number of benzene rings is 1. The Balaban J connectivity index is 1.69. The molecule has 7 heteroatoms. The van der Waals surface area contributed by atoms with E-state index in [1.54, 1.807) is 18.2 Å². The summed E-state index contributed by atoms with van der Waals surface area (Å²) in [7, 11) is 0. The molecule has 0 aliphatic rings. The first kappa shape index (κ1) is 16.6. The topological polar surface area (TPSA) is 94.3 Å². The molecule has 0 atom stereocenters. The number of pyridine rings is 1. The van der Waals surface area contributed by atoms with Crippen LogP contribution in [0, 0.1) is 0 Å². The number of carbonyl (C=O) groups excluding carboxylic acids is 2. The summed E-state index contributed by atoms with van der Waals surface area (Å²) >= 11 is 0. The van der Waals surface area contributed by atoms with Crippen molar-refractivity contribution in [2.24, 2.45) is 0 Å². The molecule has 0 aliphatic heterocycles. The molecule has 0 unspecified atom stereocenters. The van der Waals surface area contributed by atoms with E-state index >= 15 is 0 Å². The van der Waals surface area contributed by atoms with Gasteiger partial charge in [-0.05, 0) is 30.7 Å². The second-order valence-corrected chi connectivity index (χ2v) is 5.38. The van der Waals surface area contributed by atoms with E-state index < -0.39 is 5.97 Å². The predicted molar refractivity (Wildman–Crippen MR) is 91.1 cm³/mol. The summed E-state index contributed by atoms with van der Waals surface area (Å²) in [4.78, 5) is 32.1. The third-order valence-corrected chi connectivity index (χ3v) is 3.36. The standard InChI is InChI=1S/C18H17N3O4/c1-2-6-17(23)25-18-13(8-5-10-19-18)20-15(22)11-16-21-12-7-3-4-9-14(12)24-16/h3-5,7-10H,2,6,11H2,1H3,(H,20,22). The number of hydrogen-bond acceptors (Lipinski definition) is 6. The van der Waals surface area contributed by atoms with Crippen LogP contribution in [0.1, 0.15) is 25.7 Å². The summed E-state index contributed by atoms with van der Waals surface area (Å²) in [6.07, 6.45) is 2.41. The summed E-state index contributed by atoms with van der Waals surface area (Å²) in [6.45, 7) is 1.88. The molecule has 1 aromatic carbocycles. The lowest BCUT2D eigenvalue weighted by molar-refractivity contribution is -0.134. The fourth-order valence-corrected chi connectivity index (χ4v) is 2.26. The number of anilines is 1. The molecule has 0 aliphatic carbocycles. The highest BCUT2D eigenvalue weighted by atomic mass is 16.5. The maximum atomic E-state index is 12.2. The first-order chi connectivity index (χ1) is 12.2. The van der Waals surface area contributed by atoms with Gasteiger partial charge in [0.2, 0.25) is 17.7 Å². The van der Waals surface area contributed by atoms with Crippen LogP contribution in [0.3, 0.4) is 0 Å². The van der Waals surface area contributed by atoms with E-state index in [1.165, 1.54) is 6.20 Å². The molecule has 3 aromatic rings. The fraction of sp³-hybridized carbons (Fsp3) is 0.222. The van der Waals surface area contributed by atoms with Crippen LogP contribution in [0.4, 0.5) is 5.69 Å². The van der Waals surface area contributed by atoms with Crippen molar-refractivity contribution in [3.8, 4) is 5.88 Å². The van der Waals surface area contributed by atoms with Crippen molar-refractivity contribution in [1.82, 2.24) is 9.97 Å². The van der Waals surface area contributed by atoms with Gasteiger partial charge in [-0.1, -0.05) is 19.1 Å². The summed E-state index contributed by atoms with van der Waals surface area (Å²) in [6, 6.07) is 10.5. The number of carbonyl (C=O) groups is 2. The Hall–Kier alpha value is -3.22. The van der Waals surface area contributed by atoms with Gasteiger partial charge in [0, 0.05) is 12.6 Å². The molecule has 25 heavy (non-hydrogen) atoms. The highest BCUT2D eigenvalue weighted by Gasteiger charge is 2.15. The Labute approximate surface area is 144 Å². The molecule has 0 spiro atoms. The third-order valence-electron chi connectivity index (χ3n) is 3.36. The van der Waals surface area contributed by atoms with Crippen molar-refractivity contribution < 1.29 is 18.7 Å². The number of nitrogens with one attached hydrogen (secondary N) is 1. The highest BCUT2D eigenvalue weighted by Crippen LogP contribution is 2.22. The molecule has 2 aromatic heterocycles. The molecular weight excluding hydrogens is 322 g/mol. The lowest BCUT2D eigenvalue weighted by Crippen LogP contribution is -2.17. The van der Waals surface area contributed by atoms with E-state index in [4.69, 9.17) is 9.15 Å². The van der Waals surface area contributed by atoms with Gasteiger partial charge in [-0.15, -0.1) is 0 Å². The van der Waals surface area contributed by atoms with Crippen LogP contribution in [0.15, 0.2) is 47.0 Å². The zero-order valence-corrected chi connectivity index (χ0v) is 13.7. The van der Waals surface area contributed by atoms with E-state index in [9.17, 15) is 9.59 Å². The minimum Gasteiger partial charge on any atom is -0.440 e. The van der Waals surface area contributed by atoms with Crippen molar-refractivity contribution in [1.29, 1.82) is 0 Å². The Morgan fingerprint density at radius 2 is 2.04 bits per heavy atom. The monoisotopic (exact) mass is 339 g/mol. The lowest BCUT2D eigenvalue weighted by Gasteiger charge is -2.09. The van der Waals surface area contributed by atoms with Crippen molar-refractivity contribution in [2.45, 2.75) is 26.2 Å². The Morgan fingerprint density at radius 1 is 1.20 bits per heavy atom. The molecule has 0 saturated carbocycles. The number of ether oxygens (including phenoxy) is 1. The van der Waals surface area contributed by atoms with Gasteiger partial charge in [-0.2, -0.15) is 0 Å².